The molecule has 7 nitrogen and oxygen atoms in total. The SMILES string of the molecule is CCC(CC(C)=O)NC(=O)CCC(CC(C)=O)NC(=O)CC(C)CC(C)=O. The minimum absolute atomic E-state index is 0.0172. The molecule has 0 aliphatic heterocycles. The fraction of sp³-hybridized carbons (Fsp3) is 0.750. The molecule has 27 heavy (non-hydrogen) atoms. The molecule has 0 spiro atoms. The second kappa shape index (κ2) is 13.2. The van der Waals surface area contributed by atoms with Crippen LogP contribution in [-0.4, -0.2) is 41.2 Å². The predicted octanol–water partition coefficient (Wildman–Crippen LogP) is 2.11. The van der Waals surface area contributed by atoms with E-state index in [0.717, 1.165) is 0 Å². The van der Waals surface area contributed by atoms with Crippen LogP contribution in [0.2, 0.25) is 0 Å². The second-order valence-corrected chi connectivity index (χ2v) is 7.50. The molecule has 0 aliphatic carbocycles. The summed E-state index contributed by atoms with van der Waals surface area (Å²) in [5.41, 5.74) is 0. The van der Waals surface area contributed by atoms with Crippen molar-refractivity contribution in [3.8, 4) is 0 Å². The standard InChI is InChI=1S/C20H34N2O5/c1-6-17(11-15(4)24)21-19(26)8-7-18(12-16(5)25)22-20(27)10-13(2)9-14(3)23/h13,17-18H,6-12H2,1-5H3,(H,21,26)(H,22,27). The van der Waals surface area contributed by atoms with Crippen LogP contribution < -0.4 is 10.6 Å². The summed E-state index contributed by atoms with van der Waals surface area (Å²) < 4.78 is 0. The van der Waals surface area contributed by atoms with Crippen LogP contribution in [-0.2, 0) is 24.0 Å². The monoisotopic (exact) mass is 382 g/mol. The van der Waals surface area contributed by atoms with E-state index >= 15 is 0 Å². The van der Waals surface area contributed by atoms with E-state index in [4.69, 9.17) is 0 Å². The third-order valence-corrected chi connectivity index (χ3v) is 4.18. The first-order valence-electron chi connectivity index (χ1n) is 9.60. The van der Waals surface area contributed by atoms with E-state index in [-0.39, 0.29) is 60.4 Å². The molecule has 0 fully saturated rings. The molecule has 0 heterocycles. The van der Waals surface area contributed by atoms with Gasteiger partial charge >= 0.3 is 0 Å². The summed E-state index contributed by atoms with van der Waals surface area (Å²) in [5, 5.41) is 5.62. The van der Waals surface area contributed by atoms with Crippen LogP contribution >= 0.6 is 0 Å². The Morgan fingerprint density at radius 3 is 1.67 bits per heavy atom. The van der Waals surface area contributed by atoms with E-state index < -0.39 is 6.04 Å². The van der Waals surface area contributed by atoms with Gasteiger partial charge in [-0.2, -0.15) is 0 Å². The zero-order valence-corrected chi connectivity index (χ0v) is 17.2. The summed E-state index contributed by atoms with van der Waals surface area (Å²) in [5.74, 6) is -0.512. The molecule has 7 heteroatoms. The van der Waals surface area contributed by atoms with E-state index in [1.165, 1.54) is 20.8 Å². The minimum atomic E-state index is -0.418. The van der Waals surface area contributed by atoms with E-state index in [2.05, 4.69) is 10.6 Å². The van der Waals surface area contributed by atoms with Gasteiger partial charge < -0.3 is 15.4 Å². The second-order valence-electron chi connectivity index (χ2n) is 7.50. The van der Waals surface area contributed by atoms with E-state index in [9.17, 15) is 24.0 Å². The van der Waals surface area contributed by atoms with Gasteiger partial charge in [-0.25, -0.2) is 0 Å². The minimum Gasteiger partial charge on any atom is -0.353 e. The van der Waals surface area contributed by atoms with Gasteiger partial charge in [0, 0.05) is 44.2 Å². The van der Waals surface area contributed by atoms with Crippen LogP contribution in [0.25, 0.3) is 0 Å². The fourth-order valence-electron chi connectivity index (χ4n) is 2.99. The number of amides is 2. The maximum atomic E-state index is 12.1. The highest BCUT2D eigenvalue weighted by Crippen LogP contribution is 2.10. The zero-order chi connectivity index (χ0) is 21.0. The molecule has 0 aromatic rings. The van der Waals surface area contributed by atoms with Crippen LogP contribution in [0.15, 0.2) is 0 Å². The highest BCUT2D eigenvalue weighted by atomic mass is 16.2. The number of carbonyl (C=O) groups is 5. The fourth-order valence-corrected chi connectivity index (χ4v) is 2.99. The van der Waals surface area contributed by atoms with Crippen molar-refractivity contribution >= 4 is 29.2 Å². The van der Waals surface area contributed by atoms with Gasteiger partial charge in [-0.05, 0) is 39.5 Å². The highest BCUT2D eigenvalue weighted by Gasteiger charge is 2.19. The first-order valence-corrected chi connectivity index (χ1v) is 9.60. The molecule has 0 radical (unpaired) electrons. The summed E-state index contributed by atoms with van der Waals surface area (Å²) in [7, 11) is 0. The van der Waals surface area contributed by atoms with Crippen molar-refractivity contribution in [3.63, 3.8) is 0 Å². The van der Waals surface area contributed by atoms with Gasteiger partial charge in [0.25, 0.3) is 0 Å². The molecule has 0 aromatic heterocycles. The smallest absolute Gasteiger partial charge is 0.220 e. The number of Topliss-reactive ketones (excluding diaryl/α,β-unsaturated/α-hetero) is 3. The average molecular weight is 383 g/mol. The largest absolute Gasteiger partial charge is 0.353 e. The quantitative estimate of drug-likeness (QED) is 0.478. The Morgan fingerprint density at radius 1 is 0.704 bits per heavy atom. The maximum absolute atomic E-state index is 12.1. The van der Waals surface area contributed by atoms with Crippen LogP contribution in [0, 0.1) is 5.92 Å². The van der Waals surface area contributed by atoms with E-state index in [1.807, 2.05) is 13.8 Å². The maximum Gasteiger partial charge on any atom is 0.220 e. The van der Waals surface area contributed by atoms with Gasteiger partial charge in [-0.1, -0.05) is 13.8 Å². The van der Waals surface area contributed by atoms with Crippen molar-refractivity contribution in [1.82, 2.24) is 10.6 Å². The first-order chi connectivity index (χ1) is 12.5. The van der Waals surface area contributed by atoms with Gasteiger partial charge in [0.1, 0.15) is 17.3 Å². The third-order valence-electron chi connectivity index (χ3n) is 4.18. The molecule has 2 N–H and O–H groups in total. The lowest BCUT2D eigenvalue weighted by Crippen LogP contribution is -2.39. The van der Waals surface area contributed by atoms with E-state index in [0.29, 0.717) is 25.7 Å². The Hall–Kier alpha value is -2.05. The molecule has 0 saturated carbocycles. The van der Waals surface area contributed by atoms with Crippen molar-refractivity contribution in [2.45, 2.75) is 91.6 Å². The Morgan fingerprint density at radius 2 is 1.19 bits per heavy atom. The van der Waals surface area contributed by atoms with Crippen molar-refractivity contribution in [2.75, 3.05) is 0 Å². The van der Waals surface area contributed by atoms with Crippen LogP contribution in [0.5, 0.6) is 0 Å². The number of hydrogen-bond donors (Lipinski definition) is 2. The molecule has 0 saturated heterocycles. The Kier molecular flexibility index (Phi) is 12.2. The summed E-state index contributed by atoms with van der Waals surface area (Å²) in [6.07, 6.45) is 2.16. The third kappa shape index (κ3) is 13.8. The van der Waals surface area contributed by atoms with Crippen molar-refractivity contribution in [1.29, 1.82) is 0 Å². The molecule has 0 aromatic carbocycles. The Balaban J connectivity index is 4.57. The summed E-state index contributed by atoms with van der Waals surface area (Å²) in [6, 6.07) is -0.610. The predicted molar refractivity (Wildman–Crippen MR) is 103 cm³/mol. The molecular weight excluding hydrogens is 348 g/mol. The van der Waals surface area contributed by atoms with Gasteiger partial charge in [0.05, 0.1) is 0 Å². The van der Waals surface area contributed by atoms with Crippen molar-refractivity contribution < 1.29 is 24.0 Å². The number of ketones is 3. The highest BCUT2D eigenvalue weighted by molar-refractivity contribution is 5.82. The van der Waals surface area contributed by atoms with Crippen LogP contribution in [0.1, 0.15) is 79.6 Å². The summed E-state index contributed by atoms with van der Waals surface area (Å²) in [4.78, 5) is 58.0. The van der Waals surface area contributed by atoms with Gasteiger partial charge in [-0.15, -0.1) is 0 Å². The van der Waals surface area contributed by atoms with E-state index in [1.54, 1.807) is 0 Å². The molecule has 0 rings (SSSR count). The Labute approximate surface area is 162 Å². The average Bonchev–Trinajstić information content (AvgIpc) is 2.49. The normalized spacial score (nSPS) is 14.0. The lowest BCUT2D eigenvalue weighted by atomic mass is 10.00. The number of hydrogen-bond acceptors (Lipinski definition) is 5. The van der Waals surface area contributed by atoms with Crippen LogP contribution in [0.4, 0.5) is 0 Å². The van der Waals surface area contributed by atoms with Gasteiger partial charge in [0.2, 0.25) is 11.8 Å². The summed E-state index contributed by atoms with van der Waals surface area (Å²) >= 11 is 0. The zero-order valence-electron chi connectivity index (χ0n) is 17.2. The first kappa shape index (κ1) is 24.9. The number of rotatable bonds is 14. The van der Waals surface area contributed by atoms with Crippen LogP contribution in [0.3, 0.4) is 0 Å². The number of carbonyl (C=O) groups excluding carboxylic acids is 5. The molecule has 0 bridgehead atoms. The molecule has 0 aliphatic rings. The number of nitrogens with one attached hydrogen (secondary N) is 2. The molecule has 3 atom stereocenters. The molecular formula is C20H34N2O5. The topological polar surface area (TPSA) is 109 Å². The van der Waals surface area contributed by atoms with Crippen molar-refractivity contribution in [3.05, 3.63) is 0 Å². The molecule has 2 amide bonds. The molecule has 154 valence electrons. The lowest BCUT2D eigenvalue weighted by Gasteiger charge is -2.20. The summed E-state index contributed by atoms with van der Waals surface area (Å²) in [6.45, 7) is 8.14. The van der Waals surface area contributed by atoms with Gasteiger partial charge in [0.15, 0.2) is 0 Å². The van der Waals surface area contributed by atoms with Gasteiger partial charge in [-0.3, -0.25) is 19.2 Å². The lowest BCUT2D eigenvalue weighted by molar-refractivity contribution is -0.126. The molecule has 3 unspecified atom stereocenters. The Bertz CT molecular complexity index is 544. The van der Waals surface area contributed by atoms with Crippen molar-refractivity contribution in [2.24, 2.45) is 5.92 Å².